The van der Waals surface area contributed by atoms with Gasteiger partial charge in [0.2, 0.25) is 15.9 Å². The highest BCUT2D eigenvalue weighted by Crippen LogP contribution is 2.25. The molecular formula is C23H24ClN7O3S2. The van der Waals surface area contributed by atoms with E-state index in [1.165, 1.54) is 23.9 Å². The molecule has 188 valence electrons. The Hall–Kier alpha value is -3.19. The lowest BCUT2D eigenvalue weighted by Crippen LogP contribution is -2.28. The molecule has 0 atom stereocenters. The van der Waals surface area contributed by atoms with Crippen molar-refractivity contribution in [3.8, 4) is 5.69 Å². The summed E-state index contributed by atoms with van der Waals surface area (Å²) in [5.74, 6) is -0.132. The molecule has 10 nitrogen and oxygen atoms in total. The molecule has 0 unspecified atom stereocenters. The van der Waals surface area contributed by atoms with Gasteiger partial charge in [0.25, 0.3) is 0 Å². The number of aromatic amines is 1. The Bertz CT molecular complexity index is 1610. The molecular weight excluding hydrogens is 522 g/mol. The quantitative estimate of drug-likeness (QED) is 0.197. The molecule has 4 rings (SSSR count). The molecule has 0 bridgehead atoms. The van der Waals surface area contributed by atoms with Crippen molar-refractivity contribution in [3.63, 3.8) is 0 Å². The molecule has 0 saturated heterocycles. The first kappa shape index (κ1) is 25.9. The number of hydrogen-bond acceptors (Lipinski definition) is 7. The number of rotatable bonds is 8. The first-order valence-electron chi connectivity index (χ1n) is 10.8. The third-order valence-electron chi connectivity index (χ3n) is 5.51. The minimum absolute atomic E-state index is 0.0419. The highest BCUT2D eigenvalue weighted by atomic mass is 35.5. The van der Waals surface area contributed by atoms with Crippen molar-refractivity contribution >= 4 is 50.3 Å². The lowest BCUT2D eigenvalue weighted by atomic mass is 10.1. The fourth-order valence-corrected chi connectivity index (χ4v) is 5.16. The maximum absolute atomic E-state index is 12.6. The molecule has 1 amide bonds. The van der Waals surface area contributed by atoms with Gasteiger partial charge in [0.05, 0.1) is 21.7 Å². The second kappa shape index (κ2) is 10.4. The number of H-pyrrole nitrogens is 1. The van der Waals surface area contributed by atoms with Crippen LogP contribution in [0.25, 0.3) is 16.7 Å². The number of aromatic nitrogens is 4. The highest BCUT2D eigenvalue weighted by molar-refractivity contribution is 7.99. The largest absolute Gasteiger partial charge is 0.355 e. The minimum atomic E-state index is -3.74. The zero-order chi connectivity index (χ0) is 26.0. The van der Waals surface area contributed by atoms with Crippen LogP contribution < -0.4 is 15.9 Å². The number of thioether (sulfide) groups is 1. The molecule has 4 aromatic rings. The number of nitrogens with one attached hydrogen (secondary N) is 3. The number of primary sulfonamides is 1. The van der Waals surface area contributed by atoms with Crippen LogP contribution in [0.15, 0.2) is 52.5 Å². The van der Waals surface area contributed by atoms with Crippen LogP contribution in [-0.2, 0) is 21.2 Å². The average molecular weight is 546 g/mol. The summed E-state index contributed by atoms with van der Waals surface area (Å²) in [4.78, 5) is 17.2. The van der Waals surface area contributed by atoms with Crippen molar-refractivity contribution in [3.05, 3.63) is 69.8 Å². The van der Waals surface area contributed by atoms with Crippen LogP contribution in [0.3, 0.4) is 0 Å². The summed E-state index contributed by atoms with van der Waals surface area (Å²) in [5, 5.41) is 25.4. The van der Waals surface area contributed by atoms with Crippen LogP contribution in [0, 0.1) is 19.3 Å². The van der Waals surface area contributed by atoms with E-state index in [9.17, 15) is 13.2 Å². The van der Waals surface area contributed by atoms with Gasteiger partial charge in [0.15, 0.2) is 10.8 Å². The third-order valence-corrected chi connectivity index (χ3v) is 7.62. The van der Waals surface area contributed by atoms with E-state index in [0.717, 1.165) is 16.8 Å². The highest BCUT2D eigenvalue weighted by Gasteiger charge is 2.17. The number of benzene rings is 2. The van der Waals surface area contributed by atoms with Crippen molar-refractivity contribution < 1.29 is 13.2 Å². The van der Waals surface area contributed by atoms with Gasteiger partial charge in [-0.15, -0.1) is 0 Å². The summed E-state index contributed by atoms with van der Waals surface area (Å²) in [5.41, 5.74) is 3.79. The number of fused-ring (bicyclic) bond motifs is 1. The number of sulfonamides is 1. The molecule has 0 fully saturated rings. The predicted molar refractivity (Wildman–Crippen MR) is 139 cm³/mol. The van der Waals surface area contributed by atoms with E-state index in [2.05, 4.69) is 20.5 Å². The topological polar surface area (TPSA) is 160 Å². The summed E-state index contributed by atoms with van der Waals surface area (Å²) in [6, 6.07) is 11.6. The average Bonchev–Trinajstić information content (AvgIpc) is 3.20. The van der Waals surface area contributed by atoms with Crippen LogP contribution in [0.1, 0.15) is 16.8 Å². The van der Waals surface area contributed by atoms with Crippen LogP contribution >= 0.6 is 23.4 Å². The lowest BCUT2D eigenvalue weighted by Gasteiger charge is -2.16. The lowest BCUT2D eigenvalue weighted by molar-refractivity contribution is -0.118. The number of nitrogens with two attached hydrogens (primary N) is 1. The third kappa shape index (κ3) is 5.62. The maximum Gasteiger partial charge on any atom is 0.238 e. The molecule has 2 heterocycles. The van der Waals surface area contributed by atoms with Gasteiger partial charge in [0, 0.05) is 17.3 Å². The first-order chi connectivity index (χ1) is 17.0. The van der Waals surface area contributed by atoms with Gasteiger partial charge in [0.1, 0.15) is 5.49 Å². The van der Waals surface area contributed by atoms with E-state index >= 15 is 0 Å². The Morgan fingerprint density at radius 3 is 2.64 bits per heavy atom. The number of nitrogens with zero attached hydrogens (tertiary/aromatic N) is 3. The smallest absolute Gasteiger partial charge is 0.238 e. The van der Waals surface area contributed by atoms with Crippen molar-refractivity contribution in [2.45, 2.75) is 30.3 Å². The number of carbonyl (C=O) groups excluding carboxylic acids is 1. The monoisotopic (exact) mass is 545 g/mol. The van der Waals surface area contributed by atoms with Crippen LogP contribution in [0.5, 0.6) is 0 Å². The normalized spacial score (nSPS) is 11.7. The Kier molecular flexibility index (Phi) is 7.50. The maximum atomic E-state index is 12.6. The number of aryl methyl sites for hydroxylation is 2. The molecule has 0 spiro atoms. The summed E-state index contributed by atoms with van der Waals surface area (Å²) >= 11 is 7.44. The molecule has 0 saturated carbocycles. The van der Waals surface area contributed by atoms with Gasteiger partial charge in [-0.1, -0.05) is 41.6 Å². The SMILES string of the molecule is Cc1ccc(Cl)cc1-n1c(SCC(=O)NCCc2ccc(S(N)(=O)=O)cc2)nc2n[nH]c(C)c2c1=N. The van der Waals surface area contributed by atoms with Crippen LogP contribution in [-0.4, -0.2) is 46.4 Å². The van der Waals surface area contributed by atoms with Gasteiger partial charge >= 0.3 is 0 Å². The molecule has 0 radical (unpaired) electrons. The second-order valence-corrected chi connectivity index (χ2v) is 11.1. The Balaban J connectivity index is 1.49. The molecule has 13 heteroatoms. The van der Waals surface area contributed by atoms with Crippen molar-refractivity contribution in [1.29, 1.82) is 5.41 Å². The number of carbonyl (C=O) groups is 1. The van der Waals surface area contributed by atoms with Gasteiger partial charge < -0.3 is 5.32 Å². The summed E-state index contributed by atoms with van der Waals surface area (Å²) in [6.07, 6.45) is 0.524. The van der Waals surface area contributed by atoms with E-state index in [-0.39, 0.29) is 22.0 Å². The fraction of sp³-hybridized carbons (Fsp3) is 0.217. The summed E-state index contributed by atoms with van der Waals surface area (Å²) < 4.78 is 24.4. The summed E-state index contributed by atoms with van der Waals surface area (Å²) in [6.45, 7) is 4.12. The van der Waals surface area contributed by atoms with Crippen molar-refractivity contribution in [2.24, 2.45) is 5.14 Å². The molecule has 36 heavy (non-hydrogen) atoms. The Morgan fingerprint density at radius 1 is 1.22 bits per heavy atom. The van der Waals surface area contributed by atoms with Crippen molar-refractivity contribution in [1.82, 2.24) is 25.1 Å². The van der Waals surface area contributed by atoms with Gasteiger partial charge in [-0.2, -0.15) is 5.10 Å². The fourth-order valence-electron chi connectivity index (χ4n) is 3.65. The Morgan fingerprint density at radius 2 is 1.94 bits per heavy atom. The molecule has 2 aromatic carbocycles. The Labute approximate surface area is 216 Å². The molecule has 0 aliphatic rings. The van der Waals surface area contributed by atoms with E-state index in [0.29, 0.717) is 39.9 Å². The summed E-state index contributed by atoms with van der Waals surface area (Å²) in [7, 11) is -3.74. The molecule has 5 N–H and O–H groups in total. The van der Waals surface area contributed by atoms with E-state index in [1.807, 2.05) is 19.9 Å². The van der Waals surface area contributed by atoms with E-state index in [4.69, 9.17) is 22.1 Å². The number of hydrogen-bond donors (Lipinski definition) is 4. The van der Waals surface area contributed by atoms with Crippen molar-refractivity contribution in [2.75, 3.05) is 12.3 Å². The zero-order valence-electron chi connectivity index (χ0n) is 19.5. The molecule has 2 aromatic heterocycles. The number of amides is 1. The first-order valence-corrected chi connectivity index (χ1v) is 13.8. The molecule has 0 aliphatic heterocycles. The van der Waals surface area contributed by atoms with Gasteiger partial charge in [-0.25, -0.2) is 18.5 Å². The molecule has 0 aliphatic carbocycles. The zero-order valence-corrected chi connectivity index (χ0v) is 21.9. The standard InChI is InChI=1S/C23H24ClN7O3S2/c1-13-3-6-16(24)11-18(13)31-21(25)20-14(2)29-30-22(20)28-23(31)35-12-19(32)27-10-9-15-4-7-17(8-5-15)36(26,33)34/h3-8,11,25H,9-10,12H2,1-2H3,(H,27,32)(H,29,30)(H2,26,33,34). The van der Waals surface area contributed by atoms with E-state index in [1.54, 1.807) is 28.8 Å². The van der Waals surface area contributed by atoms with Crippen LogP contribution in [0.2, 0.25) is 5.02 Å². The predicted octanol–water partition coefficient (Wildman–Crippen LogP) is 2.60. The van der Waals surface area contributed by atoms with E-state index < -0.39 is 10.0 Å². The number of halogens is 1. The van der Waals surface area contributed by atoms with Gasteiger partial charge in [-0.05, 0) is 55.7 Å². The van der Waals surface area contributed by atoms with Gasteiger partial charge in [-0.3, -0.25) is 19.9 Å². The van der Waals surface area contributed by atoms with Crippen LogP contribution in [0.4, 0.5) is 0 Å². The second-order valence-electron chi connectivity index (χ2n) is 8.13. The minimum Gasteiger partial charge on any atom is -0.355 e.